The van der Waals surface area contributed by atoms with E-state index in [4.69, 9.17) is 33.2 Å². The van der Waals surface area contributed by atoms with E-state index < -0.39 is 64.1 Å². The van der Waals surface area contributed by atoms with Gasteiger partial charge in [-0.3, -0.25) is 9.59 Å². The SMILES string of the molecule is C=C1OC2(c3ccccc3Oc3cc(O)ccc32)c2ccc(C(=O)Nc3cc(C(=O)NCCCOCCOCCOCCCNC(=O)OC/C=C/CCCCC)cc(C(=O)Oc4c(F)c(F)cc(F)c4F)c3)cc21. The van der Waals surface area contributed by atoms with Gasteiger partial charge in [0.05, 0.1) is 32.0 Å². The number of hydrogen-bond acceptors (Lipinski definition) is 12. The molecule has 3 amide bonds. The van der Waals surface area contributed by atoms with Crippen molar-refractivity contribution in [3.63, 3.8) is 0 Å². The smallest absolute Gasteiger partial charge is 0.407 e. The molecule has 2 heterocycles. The largest absolute Gasteiger partial charge is 0.508 e. The maximum Gasteiger partial charge on any atom is 0.407 e. The molecular formula is C55H55F4N3O12. The molecule has 7 rings (SSSR count). The van der Waals surface area contributed by atoms with Gasteiger partial charge in [0.25, 0.3) is 11.8 Å². The lowest BCUT2D eigenvalue weighted by Gasteiger charge is -2.37. The average Bonchev–Trinajstić information content (AvgIpc) is 3.71. The number of benzene rings is 5. The number of para-hydroxylation sites is 1. The molecule has 0 bridgehead atoms. The normalized spacial score (nSPS) is 14.1. The number of rotatable bonds is 25. The first kappa shape index (κ1) is 54.0. The summed E-state index contributed by atoms with van der Waals surface area (Å²) < 4.78 is 96.4. The van der Waals surface area contributed by atoms with Gasteiger partial charge >= 0.3 is 12.1 Å². The van der Waals surface area contributed by atoms with Crippen molar-refractivity contribution in [1.82, 2.24) is 10.6 Å². The summed E-state index contributed by atoms with van der Waals surface area (Å²) in [4.78, 5) is 52.6. The van der Waals surface area contributed by atoms with E-state index in [0.717, 1.165) is 31.4 Å². The number of halogens is 4. The van der Waals surface area contributed by atoms with Gasteiger partial charge in [-0.15, -0.1) is 0 Å². The third-order valence-electron chi connectivity index (χ3n) is 11.7. The van der Waals surface area contributed by atoms with E-state index >= 15 is 0 Å². The maximum atomic E-state index is 14.6. The Bertz CT molecular complexity index is 2870. The number of hydrogen-bond donors (Lipinski definition) is 4. The summed E-state index contributed by atoms with van der Waals surface area (Å²) >= 11 is 0. The van der Waals surface area contributed by atoms with Crippen LogP contribution in [0, 0.1) is 23.3 Å². The van der Waals surface area contributed by atoms with E-state index in [2.05, 4.69) is 29.5 Å². The van der Waals surface area contributed by atoms with Crippen LogP contribution < -0.4 is 25.4 Å². The summed E-state index contributed by atoms with van der Waals surface area (Å²) in [5.41, 5.74) is 0.284. The first-order valence-corrected chi connectivity index (χ1v) is 24.0. The van der Waals surface area contributed by atoms with Crippen LogP contribution in [0.3, 0.4) is 0 Å². The van der Waals surface area contributed by atoms with Gasteiger partial charge in [0.2, 0.25) is 17.4 Å². The number of aromatic hydroxyl groups is 1. The second-order valence-electron chi connectivity index (χ2n) is 17.0. The first-order chi connectivity index (χ1) is 35.8. The second-order valence-corrected chi connectivity index (χ2v) is 17.0. The Morgan fingerprint density at radius 2 is 1.34 bits per heavy atom. The highest BCUT2D eigenvalue weighted by atomic mass is 19.2. The van der Waals surface area contributed by atoms with Crippen LogP contribution in [0.1, 0.15) is 98.8 Å². The molecule has 1 atom stereocenters. The van der Waals surface area contributed by atoms with Gasteiger partial charge in [0.1, 0.15) is 29.6 Å². The van der Waals surface area contributed by atoms with Gasteiger partial charge in [-0.05, 0) is 74.2 Å². The summed E-state index contributed by atoms with van der Waals surface area (Å²) in [6.07, 6.45) is 8.74. The predicted octanol–water partition coefficient (Wildman–Crippen LogP) is 10.2. The van der Waals surface area contributed by atoms with Crippen molar-refractivity contribution < 1.29 is 75.0 Å². The molecule has 2 aliphatic heterocycles. The molecule has 0 fully saturated rings. The molecule has 0 aliphatic carbocycles. The van der Waals surface area contributed by atoms with Gasteiger partial charge in [-0.2, -0.15) is 8.78 Å². The Hall–Kier alpha value is -7.74. The van der Waals surface area contributed by atoms with Gasteiger partial charge < -0.3 is 54.2 Å². The van der Waals surface area contributed by atoms with Crippen LogP contribution in [0.4, 0.5) is 28.0 Å². The predicted molar refractivity (Wildman–Crippen MR) is 263 cm³/mol. The summed E-state index contributed by atoms with van der Waals surface area (Å²) in [6, 6.07) is 19.8. The van der Waals surface area contributed by atoms with Crippen LogP contribution in [0.15, 0.2) is 104 Å². The average molecular weight is 1030 g/mol. The number of phenols is 1. The molecule has 4 N–H and O–H groups in total. The topological polar surface area (TPSA) is 189 Å². The number of carbonyl (C=O) groups excluding carboxylic acids is 4. The molecule has 74 heavy (non-hydrogen) atoms. The Morgan fingerprint density at radius 1 is 0.676 bits per heavy atom. The van der Waals surface area contributed by atoms with Crippen molar-refractivity contribution in [1.29, 1.82) is 0 Å². The minimum absolute atomic E-state index is 0.0268. The van der Waals surface area contributed by atoms with Crippen molar-refractivity contribution in [2.24, 2.45) is 0 Å². The standard InChI is InChI=1S/C55H55F4N3O12/c1-3-4-5-6-7-10-23-71-54(67)61-20-12-22-69-25-27-70-26-24-68-21-11-19-60-51(64)36-28-37(53(66)73-50-48(58)44(56)33-45(57)49(50)59)30-38(29-36)62-52(65)35-15-17-41-40(31-35)34(2)74-55(41)42-13-8-9-14-46(42)72-47-32-39(63)16-18-43(47)55/h7-10,13-18,28-33,63H,2-6,11-12,19-27H2,1H3,(H,60,64)(H,61,67)(H,62,65)/b10-7+. The van der Waals surface area contributed by atoms with E-state index in [0.29, 0.717) is 73.0 Å². The number of esters is 1. The number of carbonyl (C=O) groups is 4. The van der Waals surface area contributed by atoms with Crippen LogP contribution in [-0.4, -0.2) is 88.3 Å². The first-order valence-electron chi connectivity index (χ1n) is 24.0. The monoisotopic (exact) mass is 1030 g/mol. The lowest BCUT2D eigenvalue weighted by atomic mass is 9.77. The zero-order chi connectivity index (χ0) is 52.6. The second kappa shape index (κ2) is 25.8. The third kappa shape index (κ3) is 13.3. The lowest BCUT2D eigenvalue weighted by molar-refractivity contribution is 0.0139. The Morgan fingerprint density at radius 3 is 2.07 bits per heavy atom. The van der Waals surface area contributed by atoms with Crippen LogP contribution in [0.25, 0.3) is 5.76 Å². The number of allylic oxidation sites excluding steroid dienone is 1. The molecule has 5 aromatic rings. The lowest BCUT2D eigenvalue weighted by Crippen LogP contribution is -2.32. The van der Waals surface area contributed by atoms with Crippen molar-refractivity contribution >= 4 is 35.3 Å². The minimum Gasteiger partial charge on any atom is -0.508 e. The minimum atomic E-state index is -1.97. The fourth-order valence-electron chi connectivity index (χ4n) is 8.12. The molecule has 0 saturated heterocycles. The number of alkyl carbamates (subject to hydrolysis) is 1. The molecule has 390 valence electrons. The van der Waals surface area contributed by atoms with E-state index in [1.165, 1.54) is 30.7 Å². The van der Waals surface area contributed by atoms with E-state index in [1.807, 2.05) is 24.3 Å². The van der Waals surface area contributed by atoms with Crippen LogP contribution in [-0.2, 0) is 29.3 Å². The summed E-state index contributed by atoms with van der Waals surface area (Å²) in [7, 11) is 0. The highest BCUT2D eigenvalue weighted by Crippen LogP contribution is 2.58. The molecule has 0 radical (unpaired) electrons. The van der Waals surface area contributed by atoms with Gasteiger partial charge in [0, 0.05) is 77.5 Å². The fraction of sp³-hybridized carbons (Fsp3) is 0.309. The number of amides is 3. The zero-order valence-corrected chi connectivity index (χ0v) is 40.5. The van der Waals surface area contributed by atoms with E-state index in [1.54, 1.807) is 30.3 Å². The molecule has 2 aliphatic rings. The zero-order valence-electron chi connectivity index (χ0n) is 40.5. The Kier molecular flexibility index (Phi) is 18.8. The molecule has 0 saturated carbocycles. The Labute approximate surface area is 424 Å². The van der Waals surface area contributed by atoms with Gasteiger partial charge in [-0.1, -0.05) is 62.8 Å². The van der Waals surface area contributed by atoms with Crippen LogP contribution in [0.2, 0.25) is 0 Å². The van der Waals surface area contributed by atoms with Crippen molar-refractivity contribution in [3.05, 3.63) is 166 Å². The van der Waals surface area contributed by atoms with Crippen LogP contribution in [0.5, 0.6) is 23.0 Å². The number of nitrogens with one attached hydrogen (secondary N) is 3. The van der Waals surface area contributed by atoms with Crippen molar-refractivity contribution in [3.8, 4) is 23.0 Å². The van der Waals surface area contributed by atoms with E-state index in [9.17, 15) is 41.8 Å². The third-order valence-corrected chi connectivity index (χ3v) is 11.7. The molecule has 0 aromatic heterocycles. The van der Waals surface area contributed by atoms with E-state index in [-0.39, 0.29) is 67.4 Å². The molecule has 15 nitrogen and oxygen atoms in total. The van der Waals surface area contributed by atoms with Crippen LogP contribution >= 0.6 is 0 Å². The molecule has 1 unspecified atom stereocenters. The van der Waals surface area contributed by atoms with Crippen molar-refractivity contribution in [2.75, 3.05) is 64.7 Å². The molecule has 5 aromatic carbocycles. The number of anilines is 1. The number of unbranched alkanes of at least 4 members (excludes halogenated alkanes) is 3. The highest BCUT2D eigenvalue weighted by Gasteiger charge is 2.51. The quantitative estimate of drug-likeness (QED) is 0.0108. The summed E-state index contributed by atoms with van der Waals surface area (Å²) in [5, 5.41) is 18.3. The van der Waals surface area contributed by atoms with Gasteiger partial charge in [-0.25, -0.2) is 18.4 Å². The number of ether oxygens (including phenoxy) is 7. The van der Waals surface area contributed by atoms with Gasteiger partial charge in [0.15, 0.2) is 17.2 Å². The molecule has 1 spiro atoms. The number of phenolic OH excluding ortho intramolecular Hbond substituents is 1. The number of fused-ring (bicyclic) bond motifs is 6. The molecule has 19 heteroatoms. The Balaban J connectivity index is 0.920. The highest BCUT2D eigenvalue weighted by molar-refractivity contribution is 6.07. The summed E-state index contributed by atoms with van der Waals surface area (Å²) in [6.45, 7) is 8.86. The summed E-state index contributed by atoms with van der Waals surface area (Å²) in [5.74, 6) is -11.2. The van der Waals surface area contributed by atoms with Crippen molar-refractivity contribution in [2.45, 2.75) is 51.0 Å². The molecular weight excluding hydrogens is 971 g/mol. The fourth-order valence-corrected chi connectivity index (χ4v) is 8.12. The maximum absolute atomic E-state index is 14.6.